The number of benzene rings is 3. The first-order chi connectivity index (χ1) is 17.0. The van der Waals surface area contributed by atoms with Gasteiger partial charge in [-0.2, -0.15) is 13.2 Å². The molecule has 0 atom stereocenters. The average Bonchev–Trinajstić information content (AvgIpc) is 2.83. The summed E-state index contributed by atoms with van der Waals surface area (Å²) < 4.78 is 92.1. The molecule has 0 heterocycles. The summed E-state index contributed by atoms with van der Waals surface area (Å²) in [5.74, 6) is -1.34. The Morgan fingerprint density at radius 1 is 0.944 bits per heavy atom. The van der Waals surface area contributed by atoms with Gasteiger partial charge in [0.2, 0.25) is 10.0 Å². The summed E-state index contributed by atoms with van der Waals surface area (Å²) in [5.41, 5.74) is -1.69. The summed E-state index contributed by atoms with van der Waals surface area (Å²) in [4.78, 5) is 12.1. The first-order valence-corrected chi connectivity index (χ1v) is 11.9. The number of halogens is 4. The van der Waals surface area contributed by atoms with Gasteiger partial charge in [0, 0.05) is 6.54 Å². The molecule has 192 valence electrons. The van der Waals surface area contributed by atoms with Crippen LogP contribution >= 0.6 is 0 Å². The van der Waals surface area contributed by atoms with E-state index < -0.39 is 49.6 Å². The summed E-state index contributed by atoms with van der Waals surface area (Å²) >= 11 is 0. The summed E-state index contributed by atoms with van der Waals surface area (Å²) in [7, 11) is -1.22. The number of nitrogens with one attached hydrogen (secondary N) is 2. The molecule has 36 heavy (non-hydrogen) atoms. The largest absolute Gasteiger partial charge is 0.493 e. The number of amides is 1. The number of anilines is 1. The normalized spacial score (nSPS) is 11.7. The van der Waals surface area contributed by atoms with Crippen molar-refractivity contribution in [1.29, 1.82) is 0 Å². The van der Waals surface area contributed by atoms with Crippen molar-refractivity contribution >= 4 is 21.6 Å². The number of para-hydroxylation sites is 1. The van der Waals surface area contributed by atoms with Gasteiger partial charge in [0.1, 0.15) is 5.82 Å². The topological polar surface area (TPSA) is 93.7 Å². The Balaban J connectivity index is 1.75. The minimum Gasteiger partial charge on any atom is -0.493 e. The molecule has 0 spiro atoms. The second-order valence-electron chi connectivity index (χ2n) is 7.48. The minimum absolute atomic E-state index is 0.0321. The molecule has 2 N–H and O–H groups in total. The van der Waals surface area contributed by atoms with Crippen molar-refractivity contribution in [1.82, 2.24) is 4.72 Å². The van der Waals surface area contributed by atoms with Crippen molar-refractivity contribution in [3.8, 4) is 11.5 Å². The molecule has 0 aromatic heterocycles. The van der Waals surface area contributed by atoms with Gasteiger partial charge < -0.3 is 14.8 Å². The van der Waals surface area contributed by atoms with Crippen LogP contribution in [0.1, 0.15) is 21.5 Å². The zero-order valence-corrected chi connectivity index (χ0v) is 20.0. The number of ether oxygens (including phenoxy) is 2. The van der Waals surface area contributed by atoms with Crippen molar-refractivity contribution < 1.29 is 40.2 Å². The second-order valence-corrected chi connectivity index (χ2v) is 9.24. The van der Waals surface area contributed by atoms with E-state index >= 15 is 0 Å². The summed E-state index contributed by atoms with van der Waals surface area (Å²) in [5, 5.41) is 2.00. The fourth-order valence-electron chi connectivity index (χ4n) is 3.32. The number of hydrogen-bond acceptors (Lipinski definition) is 5. The predicted molar refractivity (Wildman–Crippen MR) is 124 cm³/mol. The van der Waals surface area contributed by atoms with Gasteiger partial charge in [-0.1, -0.05) is 18.2 Å². The average molecular weight is 527 g/mol. The molecule has 0 aliphatic rings. The maximum atomic E-state index is 14.3. The lowest BCUT2D eigenvalue weighted by atomic mass is 10.1. The monoisotopic (exact) mass is 526 g/mol. The van der Waals surface area contributed by atoms with E-state index in [0.29, 0.717) is 11.5 Å². The minimum atomic E-state index is -4.76. The molecular weight excluding hydrogens is 504 g/mol. The van der Waals surface area contributed by atoms with Crippen molar-refractivity contribution in [2.75, 3.05) is 26.1 Å². The Morgan fingerprint density at radius 2 is 1.64 bits per heavy atom. The molecule has 0 aliphatic carbocycles. The smallest absolute Gasteiger partial charge is 0.418 e. The lowest BCUT2D eigenvalue weighted by Crippen LogP contribution is -2.26. The number of carbonyl (C=O) groups excluding carboxylic acids is 1. The van der Waals surface area contributed by atoms with Gasteiger partial charge in [-0.15, -0.1) is 0 Å². The third-order valence-corrected chi connectivity index (χ3v) is 6.59. The molecule has 3 aromatic rings. The summed E-state index contributed by atoms with van der Waals surface area (Å²) in [6, 6.07) is 11.7. The predicted octanol–water partition coefficient (Wildman–Crippen LogP) is 4.64. The molecule has 3 rings (SSSR count). The highest BCUT2D eigenvalue weighted by molar-refractivity contribution is 7.89. The van der Waals surface area contributed by atoms with Gasteiger partial charge in [-0.25, -0.2) is 17.5 Å². The molecule has 1 amide bonds. The number of sulfonamides is 1. The first kappa shape index (κ1) is 27.0. The van der Waals surface area contributed by atoms with Gasteiger partial charge in [0.25, 0.3) is 5.91 Å². The van der Waals surface area contributed by atoms with Crippen LogP contribution in [0.25, 0.3) is 0 Å². The number of alkyl halides is 3. The van der Waals surface area contributed by atoms with E-state index in [4.69, 9.17) is 9.47 Å². The highest BCUT2D eigenvalue weighted by atomic mass is 32.2. The molecule has 0 bridgehead atoms. The molecule has 0 unspecified atom stereocenters. The maximum absolute atomic E-state index is 14.3. The Kier molecular flexibility index (Phi) is 8.21. The molecule has 0 fully saturated rings. The third kappa shape index (κ3) is 6.32. The van der Waals surface area contributed by atoms with Gasteiger partial charge in [0.15, 0.2) is 11.5 Å². The van der Waals surface area contributed by atoms with Crippen LogP contribution in [0.2, 0.25) is 0 Å². The Hall–Kier alpha value is -3.64. The van der Waals surface area contributed by atoms with E-state index in [1.54, 1.807) is 18.2 Å². The lowest BCUT2D eigenvalue weighted by Gasteiger charge is -2.14. The zero-order chi connectivity index (χ0) is 26.5. The van der Waals surface area contributed by atoms with E-state index in [9.17, 15) is 30.8 Å². The van der Waals surface area contributed by atoms with E-state index in [-0.39, 0.29) is 13.0 Å². The maximum Gasteiger partial charge on any atom is 0.418 e. The van der Waals surface area contributed by atoms with Crippen LogP contribution in [0.15, 0.2) is 65.6 Å². The molecule has 3 aromatic carbocycles. The summed E-state index contributed by atoms with van der Waals surface area (Å²) in [6.07, 6.45) is -4.48. The van der Waals surface area contributed by atoms with Crippen LogP contribution in [-0.4, -0.2) is 35.1 Å². The fourth-order valence-corrected chi connectivity index (χ4v) is 4.38. The van der Waals surface area contributed by atoms with Gasteiger partial charge in [0.05, 0.1) is 35.9 Å². The number of methoxy groups -OCH3 is 2. The van der Waals surface area contributed by atoms with Crippen LogP contribution in [0, 0.1) is 5.82 Å². The molecule has 0 radical (unpaired) electrons. The van der Waals surface area contributed by atoms with Crippen LogP contribution in [0.5, 0.6) is 11.5 Å². The first-order valence-electron chi connectivity index (χ1n) is 10.4. The van der Waals surface area contributed by atoms with Crippen LogP contribution in [0.4, 0.5) is 23.2 Å². The van der Waals surface area contributed by atoms with Gasteiger partial charge in [-0.3, -0.25) is 4.79 Å². The van der Waals surface area contributed by atoms with E-state index in [1.165, 1.54) is 20.3 Å². The molecular formula is C24H22F4N2O5S. The van der Waals surface area contributed by atoms with Crippen molar-refractivity contribution in [3.05, 3.63) is 83.2 Å². The molecule has 7 nitrogen and oxygen atoms in total. The van der Waals surface area contributed by atoms with Crippen LogP contribution in [0.3, 0.4) is 0 Å². The molecule has 0 saturated heterocycles. The van der Waals surface area contributed by atoms with E-state index in [2.05, 4.69) is 4.72 Å². The Bertz CT molecular complexity index is 1360. The molecule has 0 aliphatic heterocycles. The van der Waals surface area contributed by atoms with Crippen molar-refractivity contribution in [2.45, 2.75) is 17.5 Å². The SMILES string of the molecule is COc1ccc(CCNS(=O)(=O)c2ccc(F)c(C(=O)Nc3ccccc3C(F)(F)F)c2)cc1OC. The van der Waals surface area contributed by atoms with Crippen molar-refractivity contribution in [2.24, 2.45) is 0 Å². The Morgan fingerprint density at radius 3 is 2.31 bits per heavy atom. The number of hydrogen-bond donors (Lipinski definition) is 2. The highest BCUT2D eigenvalue weighted by Gasteiger charge is 2.34. The quantitative estimate of drug-likeness (QED) is 0.397. The molecule has 12 heteroatoms. The zero-order valence-electron chi connectivity index (χ0n) is 19.1. The van der Waals surface area contributed by atoms with Crippen molar-refractivity contribution in [3.63, 3.8) is 0 Å². The lowest BCUT2D eigenvalue weighted by molar-refractivity contribution is -0.136. The van der Waals surface area contributed by atoms with E-state index in [1.807, 2.05) is 5.32 Å². The van der Waals surface area contributed by atoms with E-state index in [0.717, 1.165) is 42.0 Å². The van der Waals surface area contributed by atoms with Crippen LogP contribution < -0.4 is 19.5 Å². The third-order valence-electron chi connectivity index (χ3n) is 5.13. The fraction of sp³-hybridized carbons (Fsp3) is 0.208. The number of rotatable bonds is 9. The van der Waals surface area contributed by atoms with Gasteiger partial charge in [-0.05, 0) is 54.4 Å². The second kappa shape index (κ2) is 11.0. The Labute approximate surface area is 205 Å². The van der Waals surface area contributed by atoms with Crippen LogP contribution in [-0.2, 0) is 22.6 Å². The molecule has 0 saturated carbocycles. The standard InChI is InChI=1S/C24H22F4N2O5S/c1-34-21-10-7-15(13-22(21)35-2)11-12-29-36(32,33)16-8-9-19(25)17(14-16)23(31)30-20-6-4-3-5-18(20)24(26,27)28/h3-10,13-14,29H,11-12H2,1-2H3,(H,30,31). The summed E-state index contributed by atoms with van der Waals surface area (Å²) in [6.45, 7) is -0.0321. The number of carbonyl (C=O) groups is 1. The van der Waals surface area contributed by atoms with Gasteiger partial charge >= 0.3 is 6.18 Å². The highest BCUT2D eigenvalue weighted by Crippen LogP contribution is 2.35.